The molecule has 1 aliphatic rings. The van der Waals surface area contributed by atoms with Crippen LogP contribution in [0.25, 0.3) is 0 Å². The third-order valence-corrected chi connectivity index (χ3v) is 3.43. The Morgan fingerprint density at radius 2 is 2.20 bits per heavy atom. The highest BCUT2D eigenvalue weighted by Crippen LogP contribution is 2.06. The monoisotopic (exact) mass is 277 g/mol. The summed E-state index contributed by atoms with van der Waals surface area (Å²) in [6.07, 6.45) is 0.153. The Hall–Kier alpha value is -1.43. The molecule has 110 valence electrons. The molecule has 0 spiro atoms. The number of anilines is 1. The molecule has 2 rings (SSSR count). The van der Waals surface area contributed by atoms with E-state index in [0.717, 1.165) is 25.4 Å². The van der Waals surface area contributed by atoms with Gasteiger partial charge in [0, 0.05) is 25.3 Å². The number of rotatable bonds is 5. The lowest BCUT2D eigenvalue weighted by Crippen LogP contribution is -2.48. The quantitative estimate of drug-likeness (QED) is 0.841. The summed E-state index contributed by atoms with van der Waals surface area (Å²) < 4.78 is 5.66. The van der Waals surface area contributed by atoms with Gasteiger partial charge in [0.1, 0.15) is 0 Å². The van der Waals surface area contributed by atoms with Crippen LogP contribution in [0.1, 0.15) is 6.92 Å². The van der Waals surface area contributed by atoms with Crippen molar-refractivity contribution in [2.75, 3.05) is 38.6 Å². The van der Waals surface area contributed by atoms with Crippen molar-refractivity contribution >= 4 is 11.6 Å². The zero-order valence-corrected chi connectivity index (χ0v) is 12.1. The fourth-order valence-corrected chi connectivity index (χ4v) is 2.16. The zero-order chi connectivity index (χ0) is 14.4. The average molecular weight is 277 g/mol. The van der Waals surface area contributed by atoms with Gasteiger partial charge in [-0.15, -0.1) is 0 Å². The van der Waals surface area contributed by atoms with Gasteiger partial charge in [-0.25, -0.2) is 0 Å². The van der Waals surface area contributed by atoms with E-state index in [-0.39, 0.29) is 18.1 Å². The third kappa shape index (κ3) is 4.59. The molecule has 0 saturated carbocycles. The number of morpholine rings is 1. The minimum atomic E-state index is -0.244. The van der Waals surface area contributed by atoms with Crippen molar-refractivity contribution < 1.29 is 9.53 Å². The number of likely N-dealkylation sites (N-methyl/N-ethyl adjacent to an activating group) is 1. The standard InChI is InChI=1S/C15H23N3O2/c1-12(15(19)17-13-6-4-3-5-7-13)16-10-14-11-18(2)8-9-20-14/h3-7,12,14,16H,8-11H2,1-2H3,(H,17,19). The first-order valence-corrected chi connectivity index (χ1v) is 7.04. The van der Waals surface area contributed by atoms with Crippen molar-refractivity contribution in [3.63, 3.8) is 0 Å². The van der Waals surface area contributed by atoms with Gasteiger partial charge in [0.15, 0.2) is 0 Å². The van der Waals surface area contributed by atoms with Gasteiger partial charge in [-0.2, -0.15) is 0 Å². The number of benzene rings is 1. The molecule has 0 bridgehead atoms. The molecule has 20 heavy (non-hydrogen) atoms. The number of nitrogens with one attached hydrogen (secondary N) is 2. The topological polar surface area (TPSA) is 53.6 Å². The van der Waals surface area contributed by atoms with Crippen LogP contribution in [0.2, 0.25) is 0 Å². The van der Waals surface area contributed by atoms with Crippen LogP contribution in [-0.2, 0) is 9.53 Å². The largest absolute Gasteiger partial charge is 0.374 e. The van der Waals surface area contributed by atoms with Gasteiger partial charge < -0.3 is 20.3 Å². The number of carbonyl (C=O) groups excluding carboxylic acids is 1. The molecule has 5 heteroatoms. The van der Waals surface area contributed by atoms with E-state index in [0.29, 0.717) is 6.54 Å². The number of para-hydroxylation sites is 1. The summed E-state index contributed by atoms with van der Waals surface area (Å²) in [5.74, 6) is -0.0274. The normalized spacial score (nSPS) is 21.4. The third-order valence-electron chi connectivity index (χ3n) is 3.43. The van der Waals surface area contributed by atoms with E-state index >= 15 is 0 Å². The fourth-order valence-electron chi connectivity index (χ4n) is 2.16. The summed E-state index contributed by atoms with van der Waals surface area (Å²) >= 11 is 0. The first kappa shape index (κ1) is 15.0. The lowest BCUT2D eigenvalue weighted by atomic mass is 10.2. The number of hydrogen-bond donors (Lipinski definition) is 2. The molecule has 1 aromatic rings. The van der Waals surface area contributed by atoms with Gasteiger partial charge >= 0.3 is 0 Å². The lowest BCUT2D eigenvalue weighted by Gasteiger charge is -2.30. The molecule has 1 fully saturated rings. The van der Waals surface area contributed by atoms with Crippen LogP contribution in [0.3, 0.4) is 0 Å². The SMILES string of the molecule is CC(NCC1CN(C)CCO1)C(=O)Nc1ccccc1. The van der Waals surface area contributed by atoms with Gasteiger partial charge in [0.25, 0.3) is 0 Å². The predicted octanol–water partition coefficient (Wildman–Crippen LogP) is 0.934. The second kappa shape index (κ2) is 7.38. The van der Waals surface area contributed by atoms with Crippen molar-refractivity contribution in [1.29, 1.82) is 0 Å². The molecular weight excluding hydrogens is 254 g/mol. The van der Waals surface area contributed by atoms with Crippen LogP contribution in [0.4, 0.5) is 5.69 Å². The fraction of sp³-hybridized carbons (Fsp3) is 0.533. The Balaban J connectivity index is 1.74. The first-order valence-electron chi connectivity index (χ1n) is 7.04. The number of ether oxygens (including phenoxy) is 1. The second-order valence-corrected chi connectivity index (χ2v) is 5.24. The van der Waals surface area contributed by atoms with Crippen LogP contribution < -0.4 is 10.6 Å². The van der Waals surface area contributed by atoms with E-state index in [1.165, 1.54) is 0 Å². The minimum absolute atomic E-state index is 0.0274. The summed E-state index contributed by atoms with van der Waals surface area (Å²) in [6.45, 7) is 5.19. The maximum absolute atomic E-state index is 12.0. The van der Waals surface area contributed by atoms with Crippen molar-refractivity contribution in [2.45, 2.75) is 19.1 Å². The van der Waals surface area contributed by atoms with Gasteiger partial charge in [-0.05, 0) is 26.1 Å². The van der Waals surface area contributed by atoms with Crippen molar-refractivity contribution in [1.82, 2.24) is 10.2 Å². The molecule has 1 aliphatic heterocycles. The molecule has 0 aromatic heterocycles. The molecule has 1 heterocycles. The molecule has 1 amide bonds. The van der Waals surface area contributed by atoms with Gasteiger partial charge in [0.05, 0.1) is 18.8 Å². The summed E-state index contributed by atoms with van der Waals surface area (Å²) in [5, 5.41) is 6.11. The second-order valence-electron chi connectivity index (χ2n) is 5.24. The minimum Gasteiger partial charge on any atom is -0.374 e. The van der Waals surface area contributed by atoms with E-state index in [2.05, 4.69) is 22.6 Å². The molecule has 0 aliphatic carbocycles. The number of carbonyl (C=O) groups is 1. The predicted molar refractivity (Wildman–Crippen MR) is 79.8 cm³/mol. The Bertz CT molecular complexity index is 424. The molecule has 2 unspecified atom stereocenters. The van der Waals surface area contributed by atoms with Crippen molar-refractivity contribution in [3.8, 4) is 0 Å². The Kier molecular flexibility index (Phi) is 5.52. The van der Waals surface area contributed by atoms with E-state index in [1.807, 2.05) is 37.3 Å². The van der Waals surface area contributed by atoms with E-state index in [4.69, 9.17) is 4.74 Å². The highest BCUT2D eigenvalue weighted by molar-refractivity contribution is 5.94. The van der Waals surface area contributed by atoms with Crippen LogP contribution in [0, 0.1) is 0 Å². The van der Waals surface area contributed by atoms with Gasteiger partial charge in [0.2, 0.25) is 5.91 Å². The Morgan fingerprint density at radius 1 is 1.45 bits per heavy atom. The maximum atomic E-state index is 12.0. The molecular formula is C15H23N3O2. The smallest absolute Gasteiger partial charge is 0.241 e. The van der Waals surface area contributed by atoms with Gasteiger partial charge in [-0.1, -0.05) is 18.2 Å². The van der Waals surface area contributed by atoms with Crippen LogP contribution in [0.5, 0.6) is 0 Å². The Morgan fingerprint density at radius 3 is 2.90 bits per heavy atom. The molecule has 0 radical (unpaired) electrons. The van der Waals surface area contributed by atoms with Gasteiger partial charge in [-0.3, -0.25) is 4.79 Å². The van der Waals surface area contributed by atoms with E-state index in [9.17, 15) is 4.79 Å². The molecule has 1 aromatic carbocycles. The molecule has 5 nitrogen and oxygen atoms in total. The summed E-state index contributed by atoms with van der Waals surface area (Å²) in [6, 6.07) is 9.24. The Labute approximate surface area is 120 Å². The number of nitrogens with zero attached hydrogens (tertiary/aromatic N) is 1. The zero-order valence-electron chi connectivity index (χ0n) is 12.1. The molecule has 2 atom stereocenters. The number of amides is 1. The molecule has 2 N–H and O–H groups in total. The van der Waals surface area contributed by atoms with Crippen LogP contribution in [-0.4, -0.2) is 56.2 Å². The summed E-state index contributed by atoms with van der Waals surface area (Å²) in [5.41, 5.74) is 0.819. The summed E-state index contributed by atoms with van der Waals surface area (Å²) in [4.78, 5) is 14.3. The van der Waals surface area contributed by atoms with Crippen molar-refractivity contribution in [3.05, 3.63) is 30.3 Å². The lowest BCUT2D eigenvalue weighted by molar-refractivity contribution is -0.118. The van der Waals surface area contributed by atoms with Crippen molar-refractivity contribution in [2.24, 2.45) is 0 Å². The molecule has 1 saturated heterocycles. The van der Waals surface area contributed by atoms with E-state index < -0.39 is 0 Å². The first-order chi connectivity index (χ1) is 9.65. The van der Waals surface area contributed by atoms with Crippen LogP contribution in [0.15, 0.2) is 30.3 Å². The van der Waals surface area contributed by atoms with E-state index in [1.54, 1.807) is 0 Å². The maximum Gasteiger partial charge on any atom is 0.241 e. The summed E-state index contributed by atoms with van der Waals surface area (Å²) in [7, 11) is 2.08. The van der Waals surface area contributed by atoms with Crippen LogP contribution >= 0.6 is 0 Å². The average Bonchev–Trinajstić information content (AvgIpc) is 2.46. The number of hydrogen-bond acceptors (Lipinski definition) is 4. The highest BCUT2D eigenvalue weighted by atomic mass is 16.5. The highest BCUT2D eigenvalue weighted by Gasteiger charge is 2.20.